The minimum Gasteiger partial charge on any atom is -0.480 e. The van der Waals surface area contributed by atoms with E-state index in [1.54, 1.807) is 23.3 Å². The van der Waals surface area contributed by atoms with E-state index >= 15 is 0 Å². The SMILES string of the molecule is O=C(O)[C@@H]1CC(O)CN1C(=O)NCCn1ccnc1. The number of carboxylic acid groups (broad SMARTS) is 1. The molecule has 19 heavy (non-hydrogen) atoms. The van der Waals surface area contributed by atoms with Crippen LogP contribution in [0.5, 0.6) is 0 Å². The fourth-order valence-corrected chi connectivity index (χ4v) is 2.08. The Morgan fingerprint density at radius 3 is 2.89 bits per heavy atom. The monoisotopic (exact) mass is 268 g/mol. The van der Waals surface area contributed by atoms with Crippen LogP contribution in [0, 0.1) is 0 Å². The molecule has 2 rings (SSSR count). The summed E-state index contributed by atoms with van der Waals surface area (Å²) in [6.07, 6.45) is 4.33. The number of aromatic nitrogens is 2. The number of likely N-dealkylation sites (tertiary alicyclic amines) is 1. The van der Waals surface area contributed by atoms with Gasteiger partial charge in [-0.2, -0.15) is 0 Å². The standard InChI is InChI=1S/C11H16N4O4/c16-8-5-9(10(17)18)15(6-8)11(19)13-2-4-14-3-1-12-7-14/h1,3,7-9,16H,2,4-6H2,(H,13,19)(H,17,18)/t8?,9-/m0/s1. The number of carboxylic acids is 1. The summed E-state index contributed by atoms with van der Waals surface area (Å²) >= 11 is 0. The van der Waals surface area contributed by atoms with E-state index in [1.165, 1.54) is 0 Å². The van der Waals surface area contributed by atoms with Crippen LogP contribution in [0.2, 0.25) is 0 Å². The first-order valence-electron chi connectivity index (χ1n) is 5.99. The molecule has 2 amide bonds. The molecule has 8 nitrogen and oxygen atoms in total. The molecule has 0 radical (unpaired) electrons. The Morgan fingerprint density at radius 1 is 1.47 bits per heavy atom. The van der Waals surface area contributed by atoms with Gasteiger partial charge in [0.05, 0.1) is 12.4 Å². The summed E-state index contributed by atoms with van der Waals surface area (Å²) in [5.74, 6) is -1.10. The van der Waals surface area contributed by atoms with Gasteiger partial charge in [-0.15, -0.1) is 0 Å². The minimum atomic E-state index is -1.10. The van der Waals surface area contributed by atoms with Gasteiger partial charge >= 0.3 is 12.0 Å². The molecule has 1 aromatic rings. The van der Waals surface area contributed by atoms with Crippen molar-refractivity contribution in [2.24, 2.45) is 0 Å². The Kier molecular flexibility index (Phi) is 4.00. The summed E-state index contributed by atoms with van der Waals surface area (Å²) in [6, 6.07) is -1.42. The predicted molar refractivity (Wildman–Crippen MR) is 64.4 cm³/mol. The number of rotatable bonds is 4. The van der Waals surface area contributed by atoms with Crippen LogP contribution in [0.4, 0.5) is 4.79 Å². The lowest BCUT2D eigenvalue weighted by molar-refractivity contribution is -0.141. The summed E-state index contributed by atoms with van der Waals surface area (Å²) < 4.78 is 1.80. The highest BCUT2D eigenvalue weighted by atomic mass is 16.4. The normalized spacial score (nSPS) is 22.5. The van der Waals surface area contributed by atoms with Crippen LogP contribution >= 0.6 is 0 Å². The zero-order valence-electron chi connectivity index (χ0n) is 10.3. The van der Waals surface area contributed by atoms with Crippen molar-refractivity contribution >= 4 is 12.0 Å². The van der Waals surface area contributed by atoms with Crippen molar-refractivity contribution in [3.8, 4) is 0 Å². The van der Waals surface area contributed by atoms with Crippen molar-refractivity contribution in [1.29, 1.82) is 0 Å². The molecule has 0 spiro atoms. The van der Waals surface area contributed by atoms with Gasteiger partial charge in [-0.25, -0.2) is 14.6 Å². The van der Waals surface area contributed by atoms with E-state index in [0.717, 1.165) is 4.90 Å². The maximum atomic E-state index is 11.8. The average molecular weight is 268 g/mol. The molecule has 0 bridgehead atoms. The van der Waals surface area contributed by atoms with Crippen molar-refractivity contribution in [2.75, 3.05) is 13.1 Å². The van der Waals surface area contributed by atoms with Crippen LogP contribution in [-0.4, -0.2) is 61.9 Å². The lowest BCUT2D eigenvalue weighted by Gasteiger charge is -2.21. The van der Waals surface area contributed by atoms with E-state index in [-0.39, 0.29) is 13.0 Å². The molecule has 1 aliphatic heterocycles. The second-order valence-corrected chi connectivity index (χ2v) is 4.43. The van der Waals surface area contributed by atoms with E-state index in [0.29, 0.717) is 13.1 Å². The van der Waals surface area contributed by atoms with Crippen LogP contribution in [0.1, 0.15) is 6.42 Å². The lowest BCUT2D eigenvalue weighted by Crippen LogP contribution is -2.46. The van der Waals surface area contributed by atoms with Crippen molar-refractivity contribution in [1.82, 2.24) is 19.8 Å². The number of urea groups is 1. The molecule has 1 unspecified atom stereocenters. The number of hydrogen-bond acceptors (Lipinski definition) is 4. The quantitative estimate of drug-likeness (QED) is 0.656. The largest absolute Gasteiger partial charge is 0.480 e. The zero-order chi connectivity index (χ0) is 13.8. The number of nitrogens with zero attached hydrogens (tertiary/aromatic N) is 3. The minimum absolute atomic E-state index is 0.0495. The number of β-amino-alcohol motifs (C(OH)–C–C–N with tert-alkyl or cyclic N) is 1. The molecule has 0 saturated carbocycles. The van der Waals surface area contributed by atoms with Crippen LogP contribution < -0.4 is 5.32 Å². The number of carbonyl (C=O) groups is 2. The van der Waals surface area contributed by atoms with E-state index in [1.807, 2.05) is 0 Å². The fraction of sp³-hybridized carbons (Fsp3) is 0.545. The molecule has 1 aromatic heterocycles. The highest BCUT2D eigenvalue weighted by Crippen LogP contribution is 2.17. The molecule has 2 atom stereocenters. The zero-order valence-corrected chi connectivity index (χ0v) is 10.3. The lowest BCUT2D eigenvalue weighted by atomic mass is 10.2. The molecular weight excluding hydrogens is 252 g/mol. The van der Waals surface area contributed by atoms with Gasteiger partial charge < -0.3 is 25.0 Å². The van der Waals surface area contributed by atoms with Gasteiger partial charge in [0.25, 0.3) is 0 Å². The summed E-state index contributed by atoms with van der Waals surface area (Å²) in [5.41, 5.74) is 0. The van der Waals surface area contributed by atoms with Gasteiger partial charge in [-0.1, -0.05) is 0 Å². The molecule has 1 aliphatic rings. The highest BCUT2D eigenvalue weighted by molar-refractivity contribution is 5.83. The smallest absolute Gasteiger partial charge is 0.326 e. The van der Waals surface area contributed by atoms with E-state index < -0.39 is 24.1 Å². The summed E-state index contributed by atoms with van der Waals surface area (Å²) in [4.78, 5) is 27.9. The van der Waals surface area contributed by atoms with E-state index in [9.17, 15) is 14.7 Å². The Bertz CT molecular complexity index is 448. The third-order valence-corrected chi connectivity index (χ3v) is 3.03. The fourth-order valence-electron chi connectivity index (χ4n) is 2.08. The van der Waals surface area contributed by atoms with Crippen LogP contribution in [0.3, 0.4) is 0 Å². The Hall–Kier alpha value is -2.09. The third-order valence-electron chi connectivity index (χ3n) is 3.03. The first kappa shape index (κ1) is 13.3. The molecule has 1 fully saturated rings. The number of imidazole rings is 1. The van der Waals surface area contributed by atoms with E-state index in [2.05, 4.69) is 10.3 Å². The summed E-state index contributed by atoms with van der Waals surface area (Å²) in [6.45, 7) is 0.974. The number of aliphatic carboxylic acids is 1. The van der Waals surface area contributed by atoms with Gasteiger partial charge in [0.2, 0.25) is 0 Å². The maximum Gasteiger partial charge on any atom is 0.326 e. The van der Waals surface area contributed by atoms with Gasteiger partial charge in [0.1, 0.15) is 6.04 Å². The second kappa shape index (κ2) is 5.70. The first-order chi connectivity index (χ1) is 9.08. The number of aliphatic hydroxyl groups excluding tert-OH is 1. The molecule has 3 N–H and O–H groups in total. The molecule has 8 heteroatoms. The molecular formula is C11H16N4O4. The van der Waals surface area contributed by atoms with Gasteiger partial charge in [0, 0.05) is 38.4 Å². The second-order valence-electron chi connectivity index (χ2n) is 4.43. The summed E-state index contributed by atoms with van der Waals surface area (Å²) in [7, 11) is 0. The maximum absolute atomic E-state index is 11.8. The molecule has 1 saturated heterocycles. The van der Waals surface area contributed by atoms with Crippen LogP contribution in [-0.2, 0) is 11.3 Å². The van der Waals surface area contributed by atoms with Crippen molar-refractivity contribution in [2.45, 2.75) is 25.1 Å². The number of carbonyl (C=O) groups excluding carboxylic acids is 1. The van der Waals surface area contributed by atoms with Crippen LogP contribution in [0.15, 0.2) is 18.7 Å². The predicted octanol–water partition coefficient (Wildman–Crippen LogP) is -0.887. The molecule has 104 valence electrons. The number of nitrogens with one attached hydrogen (secondary N) is 1. The topological polar surface area (TPSA) is 108 Å². The van der Waals surface area contributed by atoms with Gasteiger partial charge in [-0.3, -0.25) is 0 Å². The molecule has 0 aliphatic carbocycles. The number of amides is 2. The Balaban J connectivity index is 1.83. The van der Waals surface area contributed by atoms with Crippen molar-refractivity contribution < 1.29 is 19.8 Å². The third kappa shape index (κ3) is 3.22. The van der Waals surface area contributed by atoms with E-state index in [4.69, 9.17) is 5.11 Å². The van der Waals surface area contributed by atoms with Crippen molar-refractivity contribution in [3.05, 3.63) is 18.7 Å². The van der Waals surface area contributed by atoms with Gasteiger partial charge in [-0.05, 0) is 0 Å². The first-order valence-corrected chi connectivity index (χ1v) is 5.99. The number of hydrogen-bond donors (Lipinski definition) is 3. The average Bonchev–Trinajstić information content (AvgIpc) is 2.98. The Morgan fingerprint density at radius 2 is 2.26 bits per heavy atom. The number of aliphatic hydroxyl groups is 1. The molecule has 2 heterocycles. The highest BCUT2D eigenvalue weighted by Gasteiger charge is 2.38. The van der Waals surface area contributed by atoms with Crippen molar-refractivity contribution in [3.63, 3.8) is 0 Å². The van der Waals surface area contributed by atoms with Gasteiger partial charge in [0.15, 0.2) is 0 Å². The summed E-state index contributed by atoms with van der Waals surface area (Å²) in [5, 5.41) is 21.1. The molecule has 0 aromatic carbocycles. The Labute approximate surface area is 109 Å². The van der Waals surface area contributed by atoms with Crippen LogP contribution in [0.25, 0.3) is 0 Å².